The van der Waals surface area contributed by atoms with Crippen molar-refractivity contribution in [2.24, 2.45) is 5.92 Å². The number of carbonyl (C=O) groups is 3. The SMILES string of the molecule is O=C(O)c1ccc(C(=O)NCc2cccc(NC(=O)C3CCCCC3)c2)c(F)c1. The standard InChI is InChI=1S/C22H23FN2O4/c23-19-12-16(22(28)29)9-10-18(19)21(27)24-13-14-5-4-8-17(11-14)25-20(26)15-6-2-1-3-7-15/h4-5,8-12,15H,1-3,6-7,13H2,(H,24,27)(H,25,26)(H,28,29). The van der Waals surface area contributed by atoms with Crippen LogP contribution in [0.5, 0.6) is 0 Å². The second-order valence-corrected chi connectivity index (χ2v) is 7.21. The quantitative estimate of drug-likeness (QED) is 0.686. The van der Waals surface area contributed by atoms with Crippen LogP contribution in [0.25, 0.3) is 0 Å². The van der Waals surface area contributed by atoms with Crippen molar-refractivity contribution >= 4 is 23.5 Å². The van der Waals surface area contributed by atoms with Crippen LogP contribution in [0.15, 0.2) is 42.5 Å². The van der Waals surface area contributed by atoms with Crippen LogP contribution in [0.2, 0.25) is 0 Å². The largest absolute Gasteiger partial charge is 0.478 e. The van der Waals surface area contributed by atoms with Crippen molar-refractivity contribution in [3.63, 3.8) is 0 Å². The van der Waals surface area contributed by atoms with Crippen LogP contribution < -0.4 is 10.6 Å². The second kappa shape index (κ2) is 9.32. The van der Waals surface area contributed by atoms with Gasteiger partial charge in [-0.25, -0.2) is 9.18 Å². The predicted molar refractivity (Wildman–Crippen MR) is 106 cm³/mol. The number of rotatable bonds is 6. The van der Waals surface area contributed by atoms with E-state index in [1.807, 2.05) is 0 Å². The lowest BCUT2D eigenvalue weighted by Gasteiger charge is -2.20. The van der Waals surface area contributed by atoms with Crippen molar-refractivity contribution in [2.45, 2.75) is 38.6 Å². The highest BCUT2D eigenvalue weighted by molar-refractivity contribution is 5.96. The molecular formula is C22H23FN2O4. The number of benzene rings is 2. The lowest BCUT2D eigenvalue weighted by molar-refractivity contribution is -0.120. The maximum atomic E-state index is 14.0. The Morgan fingerprint density at radius 1 is 1.03 bits per heavy atom. The van der Waals surface area contributed by atoms with Gasteiger partial charge >= 0.3 is 5.97 Å². The smallest absolute Gasteiger partial charge is 0.335 e. The zero-order valence-corrected chi connectivity index (χ0v) is 15.9. The van der Waals surface area contributed by atoms with E-state index in [1.165, 1.54) is 12.5 Å². The van der Waals surface area contributed by atoms with Gasteiger partial charge in [-0.1, -0.05) is 31.4 Å². The average Bonchev–Trinajstić information content (AvgIpc) is 2.72. The number of carboxylic acid groups (broad SMARTS) is 1. The summed E-state index contributed by atoms with van der Waals surface area (Å²) >= 11 is 0. The first kappa shape index (κ1) is 20.5. The van der Waals surface area contributed by atoms with Crippen LogP contribution in [-0.4, -0.2) is 22.9 Å². The van der Waals surface area contributed by atoms with Gasteiger partial charge in [0.25, 0.3) is 5.91 Å². The average molecular weight is 398 g/mol. The lowest BCUT2D eigenvalue weighted by atomic mass is 9.88. The summed E-state index contributed by atoms with van der Waals surface area (Å²) in [5.74, 6) is -2.73. The zero-order valence-electron chi connectivity index (χ0n) is 15.9. The molecule has 0 bridgehead atoms. The Hall–Kier alpha value is -3.22. The van der Waals surface area contributed by atoms with Gasteiger partial charge in [-0.15, -0.1) is 0 Å². The highest BCUT2D eigenvalue weighted by atomic mass is 19.1. The number of amides is 2. The number of halogens is 1. The van der Waals surface area contributed by atoms with Crippen LogP contribution in [0.1, 0.15) is 58.4 Å². The molecule has 3 N–H and O–H groups in total. The van der Waals surface area contributed by atoms with E-state index in [0.717, 1.165) is 43.4 Å². The van der Waals surface area contributed by atoms with Gasteiger partial charge in [0, 0.05) is 18.2 Å². The Morgan fingerprint density at radius 2 is 1.79 bits per heavy atom. The maximum Gasteiger partial charge on any atom is 0.335 e. The van der Waals surface area contributed by atoms with Crippen LogP contribution >= 0.6 is 0 Å². The number of carbonyl (C=O) groups excluding carboxylic acids is 2. The van der Waals surface area contributed by atoms with Gasteiger partial charge in [-0.3, -0.25) is 9.59 Å². The fourth-order valence-electron chi connectivity index (χ4n) is 3.48. The minimum atomic E-state index is -1.26. The summed E-state index contributed by atoms with van der Waals surface area (Å²) in [7, 11) is 0. The molecule has 0 aromatic heterocycles. The van der Waals surface area contributed by atoms with Crippen molar-refractivity contribution in [1.82, 2.24) is 5.32 Å². The van der Waals surface area contributed by atoms with Gasteiger partial charge in [-0.2, -0.15) is 0 Å². The van der Waals surface area contributed by atoms with E-state index >= 15 is 0 Å². The van der Waals surface area contributed by atoms with Crippen LogP contribution in [0.3, 0.4) is 0 Å². The Morgan fingerprint density at radius 3 is 2.48 bits per heavy atom. The maximum absolute atomic E-state index is 14.0. The van der Waals surface area contributed by atoms with Gasteiger partial charge in [0.1, 0.15) is 5.82 Å². The van der Waals surface area contributed by atoms with Crippen LogP contribution in [0.4, 0.5) is 10.1 Å². The zero-order chi connectivity index (χ0) is 20.8. The molecule has 0 heterocycles. The Labute approximate surface area is 168 Å². The molecule has 6 nitrogen and oxygen atoms in total. The van der Waals surface area contributed by atoms with E-state index in [4.69, 9.17) is 5.11 Å². The summed E-state index contributed by atoms with van der Waals surface area (Å²) in [6.07, 6.45) is 5.16. The number of aromatic carboxylic acids is 1. The third-order valence-corrected chi connectivity index (χ3v) is 5.08. The topological polar surface area (TPSA) is 95.5 Å². The first-order valence-corrected chi connectivity index (χ1v) is 9.65. The number of nitrogens with one attached hydrogen (secondary N) is 2. The molecule has 0 aliphatic heterocycles. The minimum absolute atomic E-state index is 0.0199. The molecule has 29 heavy (non-hydrogen) atoms. The Balaban J connectivity index is 1.59. The fourth-order valence-corrected chi connectivity index (χ4v) is 3.48. The minimum Gasteiger partial charge on any atom is -0.478 e. The lowest BCUT2D eigenvalue weighted by Crippen LogP contribution is -2.25. The van der Waals surface area contributed by atoms with Gasteiger partial charge in [-0.05, 0) is 48.7 Å². The van der Waals surface area contributed by atoms with E-state index in [-0.39, 0.29) is 29.5 Å². The molecule has 1 saturated carbocycles. The van der Waals surface area contributed by atoms with Gasteiger partial charge in [0.2, 0.25) is 5.91 Å². The summed E-state index contributed by atoms with van der Waals surface area (Å²) in [5, 5.41) is 14.4. The second-order valence-electron chi connectivity index (χ2n) is 7.21. The summed E-state index contributed by atoms with van der Waals surface area (Å²) in [5.41, 5.74) is 0.962. The van der Waals surface area contributed by atoms with Crippen LogP contribution in [-0.2, 0) is 11.3 Å². The molecule has 0 spiro atoms. The fraction of sp³-hybridized carbons (Fsp3) is 0.318. The van der Waals surface area contributed by atoms with Gasteiger partial charge < -0.3 is 15.7 Å². The number of hydrogen-bond donors (Lipinski definition) is 3. The van der Waals surface area contributed by atoms with E-state index in [1.54, 1.807) is 24.3 Å². The van der Waals surface area contributed by atoms with Crippen molar-refractivity contribution < 1.29 is 23.9 Å². The third-order valence-electron chi connectivity index (χ3n) is 5.08. The van der Waals surface area contributed by atoms with E-state index < -0.39 is 17.7 Å². The molecule has 0 saturated heterocycles. The molecule has 2 aromatic carbocycles. The van der Waals surface area contributed by atoms with E-state index in [0.29, 0.717) is 5.69 Å². The number of carboxylic acids is 1. The summed E-state index contributed by atoms with van der Waals surface area (Å²) < 4.78 is 14.0. The number of anilines is 1. The molecule has 1 aliphatic rings. The van der Waals surface area contributed by atoms with Crippen molar-refractivity contribution in [2.75, 3.05) is 5.32 Å². The molecular weight excluding hydrogens is 375 g/mol. The Bertz CT molecular complexity index is 923. The van der Waals surface area contributed by atoms with Crippen molar-refractivity contribution in [3.8, 4) is 0 Å². The van der Waals surface area contributed by atoms with Gasteiger partial charge in [0.05, 0.1) is 11.1 Å². The van der Waals surface area contributed by atoms with E-state index in [9.17, 15) is 18.8 Å². The summed E-state index contributed by atoms with van der Waals surface area (Å²) in [6.45, 7) is 0.145. The Kier molecular flexibility index (Phi) is 6.59. The highest BCUT2D eigenvalue weighted by Gasteiger charge is 2.21. The predicted octanol–water partition coefficient (Wildman–Crippen LogP) is 3.97. The molecule has 1 aliphatic carbocycles. The molecule has 152 valence electrons. The molecule has 3 rings (SSSR count). The molecule has 0 unspecified atom stereocenters. The summed E-state index contributed by atoms with van der Waals surface area (Å²) in [6, 6.07) is 10.3. The van der Waals surface area contributed by atoms with Gasteiger partial charge in [0.15, 0.2) is 0 Å². The third kappa shape index (κ3) is 5.40. The van der Waals surface area contributed by atoms with Crippen LogP contribution in [0, 0.1) is 11.7 Å². The number of hydrogen-bond acceptors (Lipinski definition) is 3. The molecule has 1 fully saturated rings. The molecule has 0 atom stereocenters. The normalized spacial score (nSPS) is 14.2. The highest BCUT2D eigenvalue weighted by Crippen LogP contribution is 2.25. The monoisotopic (exact) mass is 398 g/mol. The van der Waals surface area contributed by atoms with Crippen molar-refractivity contribution in [3.05, 3.63) is 65.0 Å². The van der Waals surface area contributed by atoms with Crippen molar-refractivity contribution in [1.29, 1.82) is 0 Å². The first-order valence-electron chi connectivity index (χ1n) is 9.65. The molecule has 7 heteroatoms. The molecule has 0 radical (unpaired) electrons. The first-order chi connectivity index (χ1) is 13.9. The summed E-state index contributed by atoms with van der Waals surface area (Å²) in [4.78, 5) is 35.5. The molecule has 2 amide bonds. The van der Waals surface area contributed by atoms with E-state index in [2.05, 4.69) is 10.6 Å². The molecule has 2 aromatic rings.